The predicted molar refractivity (Wildman–Crippen MR) is 106 cm³/mol. The normalized spacial score (nSPS) is 11.5. The SMILES string of the molecule is CN(CCC(F)(F)F)C(=O)Cc1cn(-c2ccccc2)nc1-c1ccc(Cl)cc1. The third kappa shape index (κ3) is 5.60. The highest BCUT2D eigenvalue weighted by Crippen LogP contribution is 2.26. The minimum Gasteiger partial charge on any atom is -0.345 e. The molecule has 29 heavy (non-hydrogen) atoms. The fourth-order valence-corrected chi connectivity index (χ4v) is 2.95. The highest BCUT2D eigenvalue weighted by atomic mass is 35.5. The van der Waals surface area contributed by atoms with Gasteiger partial charge in [0, 0.05) is 35.9 Å². The van der Waals surface area contributed by atoms with Gasteiger partial charge in [-0.15, -0.1) is 0 Å². The summed E-state index contributed by atoms with van der Waals surface area (Å²) in [5.41, 5.74) is 2.79. The van der Waals surface area contributed by atoms with Crippen molar-refractivity contribution in [2.24, 2.45) is 0 Å². The number of para-hydroxylation sites is 1. The molecule has 1 amide bonds. The van der Waals surface area contributed by atoms with Gasteiger partial charge in [-0.05, 0) is 24.3 Å². The fourth-order valence-electron chi connectivity index (χ4n) is 2.82. The van der Waals surface area contributed by atoms with Crippen molar-refractivity contribution in [3.63, 3.8) is 0 Å². The number of carbonyl (C=O) groups excluding carboxylic acids is 1. The van der Waals surface area contributed by atoms with Crippen LogP contribution in [0.15, 0.2) is 60.8 Å². The molecule has 8 heteroatoms. The Kier molecular flexibility index (Phi) is 6.27. The molecule has 0 saturated carbocycles. The molecule has 0 fully saturated rings. The molecule has 1 aromatic heterocycles. The van der Waals surface area contributed by atoms with Crippen molar-refractivity contribution in [1.82, 2.24) is 14.7 Å². The first-order chi connectivity index (χ1) is 13.7. The van der Waals surface area contributed by atoms with Gasteiger partial charge in [-0.3, -0.25) is 4.79 Å². The highest BCUT2D eigenvalue weighted by molar-refractivity contribution is 6.30. The molecule has 0 aliphatic rings. The summed E-state index contributed by atoms with van der Waals surface area (Å²) in [5.74, 6) is -0.405. The summed E-state index contributed by atoms with van der Waals surface area (Å²) in [7, 11) is 1.37. The van der Waals surface area contributed by atoms with Crippen molar-refractivity contribution in [3.8, 4) is 16.9 Å². The van der Waals surface area contributed by atoms with Crippen molar-refractivity contribution in [3.05, 3.63) is 71.4 Å². The zero-order valence-corrected chi connectivity index (χ0v) is 16.4. The van der Waals surface area contributed by atoms with Crippen LogP contribution in [0.25, 0.3) is 16.9 Å². The van der Waals surface area contributed by atoms with E-state index in [2.05, 4.69) is 5.10 Å². The molecule has 0 saturated heterocycles. The second kappa shape index (κ2) is 8.69. The van der Waals surface area contributed by atoms with Gasteiger partial charge in [0.15, 0.2) is 0 Å². The lowest BCUT2D eigenvalue weighted by atomic mass is 10.1. The molecule has 1 heterocycles. The van der Waals surface area contributed by atoms with E-state index in [-0.39, 0.29) is 13.0 Å². The van der Waals surface area contributed by atoms with Crippen LogP contribution in [0.4, 0.5) is 13.2 Å². The van der Waals surface area contributed by atoms with Crippen LogP contribution >= 0.6 is 11.6 Å². The molecule has 152 valence electrons. The lowest BCUT2D eigenvalue weighted by Gasteiger charge is -2.18. The molecular formula is C21H19ClF3N3O. The van der Waals surface area contributed by atoms with Crippen LogP contribution < -0.4 is 0 Å². The number of likely N-dealkylation sites (N-methyl/N-ethyl adjacent to an activating group) is 1. The summed E-state index contributed by atoms with van der Waals surface area (Å²) in [6.07, 6.45) is -3.67. The molecule has 0 aliphatic carbocycles. The number of hydrogen-bond donors (Lipinski definition) is 0. The van der Waals surface area contributed by atoms with Crippen LogP contribution in [0.1, 0.15) is 12.0 Å². The Labute approximate surface area is 171 Å². The van der Waals surface area contributed by atoms with E-state index in [1.807, 2.05) is 30.3 Å². The van der Waals surface area contributed by atoms with E-state index in [1.54, 1.807) is 35.1 Å². The van der Waals surface area contributed by atoms with Gasteiger partial charge in [0.1, 0.15) is 0 Å². The number of rotatable bonds is 6. The maximum Gasteiger partial charge on any atom is 0.390 e. The summed E-state index contributed by atoms with van der Waals surface area (Å²) in [5, 5.41) is 5.17. The summed E-state index contributed by atoms with van der Waals surface area (Å²) >= 11 is 5.96. The number of benzene rings is 2. The quantitative estimate of drug-likeness (QED) is 0.552. The first-order valence-electron chi connectivity index (χ1n) is 8.93. The second-order valence-corrected chi connectivity index (χ2v) is 7.08. The minimum absolute atomic E-state index is 0.0564. The van der Waals surface area contributed by atoms with E-state index < -0.39 is 18.5 Å². The summed E-state index contributed by atoms with van der Waals surface area (Å²) in [4.78, 5) is 13.6. The minimum atomic E-state index is -4.30. The highest BCUT2D eigenvalue weighted by Gasteiger charge is 2.28. The number of aromatic nitrogens is 2. The molecular weight excluding hydrogens is 403 g/mol. The maximum absolute atomic E-state index is 12.5. The van der Waals surface area contributed by atoms with Crippen LogP contribution in [0.5, 0.6) is 0 Å². The van der Waals surface area contributed by atoms with Crippen LogP contribution in [-0.2, 0) is 11.2 Å². The van der Waals surface area contributed by atoms with Crippen LogP contribution in [-0.4, -0.2) is 40.4 Å². The zero-order chi connectivity index (χ0) is 21.0. The van der Waals surface area contributed by atoms with Gasteiger partial charge >= 0.3 is 6.18 Å². The molecule has 0 spiro atoms. The fraction of sp³-hybridized carbons (Fsp3) is 0.238. The van der Waals surface area contributed by atoms with Gasteiger partial charge in [0.2, 0.25) is 5.91 Å². The van der Waals surface area contributed by atoms with Crippen molar-refractivity contribution in [2.75, 3.05) is 13.6 Å². The predicted octanol–water partition coefficient (Wildman–Crippen LogP) is 5.15. The van der Waals surface area contributed by atoms with Crippen molar-refractivity contribution in [1.29, 1.82) is 0 Å². The summed E-state index contributed by atoms with van der Waals surface area (Å²) in [6.45, 7) is -0.383. The lowest BCUT2D eigenvalue weighted by molar-refractivity contribution is -0.143. The number of hydrogen-bond acceptors (Lipinski definition) is 2. The first kappa shape index (κ1) is 20.9. The Morgan fingerprint density at radius 1 is 1.10 bits per heavy atom. The average molecular weight is 422 g/mol. The van der Waals surface area contributed by atoms with E-state index in [9.17, 15) is 18.0 Å². The number of carbonyl (C=O) groups is 1. The van der Waals surface area contributed by atoms with Crippen LogP contribution in [0.2, 0.25) is 5.02 Å². The molecule has 3 rings (SSSR count). The molecule has 0 aliphatic heterocycles. The van der Waals surface area contributed by atoms with Crippen LogP contribution in [0, 0.1) is 0 Å². The van der Waals surface area contributed by atoms with E-state index in [0.717, 1.165) is 16.2 Å². The lowest BCUT2D eigenvalue weighted by Crippen LogP contribution is -2.31. The van der Waals surface area contributed by atoms with Gasteiger partial charge in [-0.1, -0.05) is 41.9 Å². The van der Waals surface area contributed by atoms with E-state index in [0.29, 0.717) is 16.3 Å². The van der Waals surface area contributed by atoms with Gasteiger partial charge in [0.25, 0.3) is 0 Å². The molecule has 0 unspecified atom stereocenters. The Morgan fingerprint density at radius 2 is 1.76 bits per heavy atom. The number of alkyl halides is 3. The van der Waals surface area contributed by atoms with E-state index in [4.69, 9.17) is 11.6 Å². The standard InChI is InChI=1S/C21H19ClF3N3O/c1-27(12-11-21(23,24)25)19(29)13-16-14-28(18-5-3-2-4-6-18)26-20(16)15-7-9-17(22)10-8-15/h2-10,14H,11-13H2,1H3. The molecule has 0 atom stereocenters. The largest absolute Gasteiger partial charge is 0.390 e. The van der Waals surface area contributed by atoms with Crippen molar-refractivity contribution < 1.29 is 18.0 Å². The number of amides is 1. The Morgan fingerprint density at radius 3 is 2.38 bits per heavy atom. The second-order valence-electron chi connectivity index (χ2n) is 6.65. The summed E-state index contributed by atoms with van der Waals surface area (Å²) in [6, 6.07) is 16.4. The molecule has 0 radical (unpaired) electrons. The van der Waals surface area contributed by atoms with Gasteiger partial charge in [-0.2, -0.15) is 18.3 Å². The van der Waals surface area contributed by atoms with Gasteiger partial charge < -0.3 is 4.90 Å². The van der Waals surface area contributed by atoms with E-state index in [1.165, 1.54) is 7.05 Å². The van der Waals surface area contributed by atoms with Crippen molar-refractivity contribution >= 4 is 17.5 Å². The molecule has 2 aromatic carbocycles. The average Bonchev–Trinajstić information content (AvgIpc) is 3.10. The smallest absolute Gasteiger partial charge is 0.345 e. The molecule has 0 N–H and O–H groups in total. The maximum atomic E-state index is 12.5. The molecule has 3 aromatic rings. The molecule has 4 nitrogen and oxygen atoms in total. The third-order valence-corrected chi connectivity index (χ3v) is 4.68. The Bertz CT molecular complexity index is 969. The third-order valence-electron chi connectivity index (χ3n) is 4.43. The number of halogens is 4. The first-order valence-corrected chi connectivity index (χ1v) is 9.31. The zero-order valence-electron chi connectivity index (χ0n) is 15.7. The molecule has 0 bridgehead atoms. The van der Waals surface area contributed by atoms with Crippen molar-refractivity contribution in [2.45, 2.75) is 19.0 Å². The van der Waals surface area contributed by atoms with Crippen LogP contribution in [0.3, 0.4) is 0 Å². The number of nitrogens with zero attached hydrogens (tertiary/aromatic N) is 3. The van der Waals surface area contributed by atoms with E-state index >= 15 is 0 Å². The Hall–Kier alpha value is -2.80. The van der Waals surface area contributed by atoms with Gasteiger partial charge in [0.05, 0.1) is 24.2 Å². The summed E-state index contributed by atoms with van der Waals surface area (Å²) < 4.78 is 39.0. The van der Waals surface area contributed by atoms with Gasteiger partial charge in [-0.25, -0.2) is 4.68 Å². The Balaban J connectivity index is 1.89. The monoisotopic (exact) mass is 421 g/mol. The topological polar surface area (TPSA) is 38.1 Å².